The van der Waals surface area contributed by atoms with E-state index in [2.05, 4.69) is 10.6 Å². The molecule has 0 bridgehead atoms. The minimum atomic E-state index is -0.706. The average molecular weight is 270 g/mol. The molecule has 0 aromatic carbocycles. The number of amides is 4. The van der Waals surface area contributed by atoms with Crippen LogP contribution in [0.15, 0.2) is 0 Å². The van der Waals surface area contributed by atoms with Gasteiger partial charge in [-0.3, -0.25) is 9.59 Å². The van der Waals surface area contributed by atoms with Crippen molar-refractivity contribution in [2.24, 2.45) is 11.7 Å². The molecule has 4 amide bonds. The van der Waals surface area contributed by atoms with Crippen molar-refractivity contribution in [2.75, 3.05) is 19.6 Å². The monoisotopic (exact) mass is 270 g/mol. The van der Waals surface area contributed by atoms with E-state index < -0.39 is 12.1 Å². The maximum absolute atomic E-state index is 12.3. The van der Waals surface area contributed by atoms with Crippen LogP contribution >= 0.6 is 0 Å². The lowest BCUT2D eigenvalue weighted by Crippen LogP contribution is -2.51. The first-order valence-corrected chi connectivity index (χ1v) is 6.51. The smallest absolute Gasteiger partial charge is 0.312 e. The van der Waals surface area contributed by atoms with Crippen molar-refractivity contribution in [2.45, 2.75) is 32.7 Å². The molecule has 1 aliphatic heterocycles. The van der Waals surface area contributed by atoms with Gasteiger partial charge in [0.1, 0.15) is 6.04 Å². The Labute approximate surface area is 112 Å². The van der Waals surface area contributed by atoms with Crippen molar-refractivity contribution in [1.82, 2.24) is 15.5 Å². The van der Waals surface area contributed by atoms with E-state index in [0.717, 1.165) is 0 Å². The third-order valence-electron chi connectivity index (χ3n) is 2.95. The number of rotatable bonds is 4. The van der Waals surface area contributed by atoms with Crippen LogP contribution in [0.2, 0.25) is 0 Å². The average Bonchev–Trinajstić information content (AvgIpc) is 2.51. The molecule has 0 saturated carbocycles. The van der Waals surface area contributed by atoms with Crippen molar-refractivity contribution in [3.05, 3.63) is 0 Å². The van der Waals surface area contributed by atoms with Crippen LogP contribution in [0.5, 0.6) is 0 Å². The van der Waals surface area contributed by atoms with E-state index in [0.29, 0.717) is 26.1 Å². The zero-order valence-corrected chi connectivity index (χ0v) is 11.4. The Hall–Kier alpha value is -1.79. The second-order valence-electron chi connectivity index (χ2n) is 5.12. The lowest BCUT2D eigenvalue weighted by molar-refractivity contribution is -0.133. The quantitative estimate of drug-likeness (QED) is 0.636. The molecule has 1 heterocycles. The third kappa shape index (κ3) is 5.15. The molecule has 0 aliphatic carbocycles. The second-order valence-corrected chi connectivity index (χ2v) is 5.12. The van der Waals surface area contributed by atoms with Gasteiger partial charge in [0.05, 0.1) is 0 Å². The number of hydrogen-bond donors (Lipinski definition) is 3. The maximum Gasteiger partial charge on any atom is 0.312 e. The summed E-state index contributed by atoms with van der Waals surface area (Å²) < 4.78 is 0. The highest BCUT2D eigenvalue weighted by Gasteiger charge is 2.27. The lowest BCUT2D eigenvalue weighted by Gasteiger charge is -2.26. The Bertz CT molecular complexity index is 357. The van der Waals surface area contributed by atoms with Gasteiger partial charge in [0, 0.05) is 26.1 Å². The van der Waals surface area contributed by atoms with E-state index >= 15 is 0 Å². The second kappa shape index (κ2) is 6.96. The molecular weight excluding hydrogens is 248 g/mol. The number of primary amides is 1. The van der Waals surface area contributed by atoms with E-state index in [1.165, 1.54) is 0 Å². The van der Waals surface area contributed by atoms with Gasteiger partial charge in [-0.15, -0.1) is 0 Å². The molecule has 0 spiro atoms. The van der Waals surface area contributed by atoms with E-state index in [9.17, 15) is 14.4 Å². The van der Waals surface area contributed by atoms with Crippen LogP contribution in [0, 0.1) is 5.92 Å². The van der Waals surface area contributed by atoms with E-state index in [-0.39, 0.29) is 24.2 Å². The largest absolute Gasteiger partial charge is 0.354 e. The number of carbonyl (C=O) groups is 3. The van der Waals surface area contributed by atoms with E-state index in [1.807, 2.05) is 13.8 Å². The van der Waals surface area contributed by atoms with Gasteiger partial charge in [0.2, 0.25) is 11.8 Å². The Morgan fingerprint density at radius 3 is 2.68 bits per heavy atom. The minimum Gasteiger partial charge on any atom is -0.354 e. The maximum atomic E-state index is 12.3. The zero-order valence-electron chi connectivity index (χ0n) is 11.4. The fourth-order valence-electron chi connectivity index (χ4n) is 2.07. The first kappa shape index (κ1) is 15.3. The summed E-state index contributed by atoms with van der Waals surface area (Å²) in [5.41, 5.74) is 5.10. The number of nitrogens with zero attached hydrogens (tertiary/aromatic N) is 1. The number of carbonyl (C=O) groups excluding carboxylic acids is 3. The highest BCUT2D eigenvalue weighted by molar-refractivity contribution is 5.87. The summed E-state index contributed by atoms with van der Waals surface area (Å²) in [5, 5.41) is 5.19. The SMILES string of the molecule is CC(C)CC(NC(N)=O)C(=O)N1CCNC(=O)CC1. The Morgan fingerprint density at radius 2 is 2.11 bits per heavy atom. The van der Waals surface area contributed by atoms with E-state index in [4.69, 9.17) is 5.73 Å². The Morgan fingerprint density at radius 1 is 1.42 bits per heavy atom. The fourth-order valence-corrected chi connectivity index (χ4v) is 2.07. The number of nitrogens with two attached hydrogens (primary N) is 1. The van der Waals surface area contributed by atoms with Gasteiger partial charge in [-0.05, 0) is 12.3 Å². The predicted molar refractivity (Wildman–Crippen MR) is 70.2 cm³/mol. The van der Waals surface area contributed by atoms with Crippen LogP contribution in [0.4, 0.5) is 4.79 Å². The van der Waals surface area contributed by atoms with Gasteiger partial charge in [0.15, 0.2) is 0 Å². The molecule has 4 N–H and O–H groups in total. The van der Waals surface area contributed by atoms with Crippen LogP contribution < -0.4 is 16.4 Å². The topological polar surface area (TPSA) is 105 Å². The fraction of sp³-hybridized carbons (Fsp3) is 0.750. The van der Waals surface area contributed by atoms with Gasteiger partial charge >= 0.3 is 6.03 Å². The summed E-state index contributed by atoms with van der Waals surface area (Å²) in [5.74, 6) is 0.0232. The summed E-state index contributed by atoms with van der Waals surface area (Å²) in [6.45, 7) is 5.21. The molecule has 1 unspecified atom stereocenters. The summed E-state index contributed by atoms with van der Waals surface area (Å²) in [6.07, 6.45) is 0.816. The molecular formula is C12H22N4O3. The van der Waals surface area contributed by atoms with Crippen molar-refractivity contribution < 1.29 is 14.4 Å². The molecule has 1 fully saturated rings. The predicted octanol–water partition coefficient (Wildman–Crippen LogP) is -0.582. The summed E-state index contributed by atoms with van der Waals surface area (Å²) in [6, 6.07) is -1.33. The molecule has 1 aliphatic rings. The molecule has 0 aromatic rings. The Balaban J connectivity index is 2.68. The summed E-state index contributed by atoms with van der Waals surface area (Å²) in [7, 11) is 0. The Kier molecular flexibility index (Phi) is 5.59. The van der Waals surface area contributed by atoms with Crippen LogP contribution in [0.25, 0.3) is 0 Å². The third-order valence-corrected chi connectivity index (χ3v) is 2.95. The first-order valence-electron chi connectivity index (χ1n) is 6.51. The van der Waals surface area contributed by atoms with Crippen LogP contribution in [0.1, 0.15) is 26.7 Å². The van der Waals surface area contributed by atoms with Gasteiger partial charge in [-0.2, -0.15) is 0 Å². The standard InChI is InChI=1S/C12H22N4O3/c1-8(2)7-9(15-12(13)19)11(18)16-5-3-10(17)14-4-6-16/h8-9H,3-7H2,1-2H3,(H,14,17)(H3,13,15,19). The first-order chi connectivity index (χ1) is 8.90. The van der Waals surface area contributed by atoms with Crippen LogP contribution in [0.3, 0.4) is 0 Å². The van der Waals surface area contributed by atoms with Crippen molar-refractivity contribution in [1.29, 1.82) is 0 Å². The van der Waals surface area contributed by atoms with Gasteiger partial charge < -0.3 is 21.3 Å². The van der Waals surface area contributed by atoms with Crippen molar-refractivity contribution in [3.8, 4) is 0 Å². The molecule has 0 radical (unpaired) electrons. The molecule has 7 heteroatoms. The minimum absolute atomic E-state index is 0.0569. The molecule has 1 saturated heterocycles. The molecule has 1 rings (SSSR count). The number of urea groups is 1. The zero-order chi connectivity index (χ0) is 14.4. The highest BCUT2D eigenvalue weighted by atomic mass is 16.2. The summed E-state index contributed by atoms with van der Waals surface area (Å²) >= 11 is 0. The molecule has 108 valence electrons. The summed E-state index contributed by atoms with van der Waals surface area (Å²) in [4.78, 5) is 36.2. The molecule has 0 aromatic heterocycles. The number of hydrogen-bond acceptors (Lipinski definition) is 3. The van der Waals surface area contributed by atoms with Crippen LogP contribution in [-0.2, 0) is 9.59 Å². The number of nitrogens with one attached hydrogen (secondary N) is 2. The lowest BCUT2D eigenvalue weighted by atomic mass is 10.0. The molecule has 7 nitrogen and oxygen atoms in total. The highest BCUT2D eigenvalue weighted by Crippen LogP contribution is 2.09. The van der Waals surface area contributed by atoms with Crippen LogP contribution in [-0.4, -0.2) is 48.4 Å². The normalized spacial score (nSPS) is 17.6. The molecule has 19 heavy (non-hydrogen) atoms. The van der Waals surface area contributed by atoms with Gasteiger partial charge in [0.25, 0.3) is 0 Å². The van der Waals surface area contributed by atoms with Crippen molar-refractivity contribution >= 4 is 17.8 Å². The van der Waals surface area contributed by atoms with Crippen molar-refractivity contribution in [3.63, 3.8) is 0 Å². The van der Waals surface area contributed by atoms with Gasteiger partial charge in [-0.25, -0.2) is 4.79 Å². The van der Waals surface area contributed by atoms with Gasteiger partial charge in [-0.1, -0.05) is 13.8 Å². The molecule has 1 atom stereocenters. The van der Waals surface area contributed by atoms with E-state index in [1.54, 1.807) is 4.90 Å².